The maximum atomic E-state index is 5.88. The fourth-order valence-corrected chi connectivity index (χ4v) is 3.00. The van der Waals surface area contributed by atoms with Crippen LogP contribution in [-0.2, 0) is 11.2 Å². The van der Waals surface area contributed by atoms with E-state index in [0.29, 0.717) is 6.04 Å². The molecule has 0 aromatic heterocycles. The highest BCUT2D eigenvalue weighted by Crippen LogP contribution is 2.26. The topological polar surface area (TPSA) is 30.5 Å². The SMILES string of the molecule is CCCC(OCC)C(Cc1ccc(OC)c(Br)c1)NC. The van der Waals surface area contributed by atoms with Gasteiger partial charge in [0.25, 0.3) is 0 Å². The molecule has 4 heteroatoms. The molecule has 1 N–H and O–H groups in total. The van der Waals surface area contributed by atoms with Crippen LogP contribution in [-0.4, -0.2) is 32.9 Å². The van der Waals surface area contributed by atoms with Crippen molar-refractivity contribution in [2.45, 2.75) is 45.3 Å². The summed E-state index contributed by atoms with van der Waals surface area (Å²) in [5, 5.41) is 3.40. The monoisotopic (exact) mass is 343 g/mol. The molecule has 0 saturated carbocycles. The van der Waals surface area contributed by atoms with Crippen molar-refractivity contribution in [3.63, 3.8) is 0 Å². The molecule has 1 aromatic carbocycles. The van der Waals surface area contributed by atoms with E-state index < -0.39 is 0 Å². The van der Waals surface area contributed by atoms with Gasteiger partial charge in [0.2, 0.25) is 0 Å². The molecule has 1 rings (SSSR count). The lowest BCUT2D eigenvalue weighted by molar-refractivity contribution is 0.0301. The van der Waals surface area contributed by atoms with Crippen LogP contribution in [0.25, 0.3) is 0 Å². The Balaban J connectivity index is 2.78. The standard InChI is InChI=1S/C16H26BrNO2/c1-5-7-16(20-6-2)14(18-3)11-12-8-9-15(19-4)13(17)10-12/h8-10,14,16,18H,5-7,11H2,1-4H3. The van der Waals surface area contributed by atoms with E-state index in [4.69, 9.17) is 9.47 Å². The number of hydrogen-bond donors (Lipinski definition) is 1. The molecule has 0 radical (unpaired) electrons. The summed E-state index contributed by atoms with van der Waals surface area (Å²) in [4.78, 5) is 0. The summed E-state index contributed by atoms with van der Waals surface area (Å²) in [7, 11) is 3.69. The maximum absolute atomic E-state index is 5.88. The molecule has 20 heavy (non-hydrogen) atoms. The number of likely N-dealkylation sites (N-methyl/N-ethyl adjacent to an activating group) is 1. The lowest BCUT2D eigenvalue weighted by atomic mass is 9.98. The zero-order chi connectivity index (χ0) is 15.0. The fourth-order valence-electron chi connectivity index (χ4n) is 2.41. The first-order chi connectivity index (χ1) is 9.65. The molecule has 114 valence electrons. The van der Waals surface area contributed by atoms with Crippen molar-refractivity contribution in [2.24, 2.45) is 0 Å². The average Bonchev–Trinajstić information content (AvgIpc) is 2.45. The molecule has 0 saturated heterocycles. The van der Waals surface area contributed by atoms with Crippen molar-refractivity contribution in [3.8, 4) is 5.75 Å². The second kappa shape index (κ2) is 9.37. The smallest absolute Gasteiger partial charge is 0.133 e. The molecule has 0 heterocycles. The molecule has 0 bridgehead atoms. The predicted octanol–water partition coefficient (Wildman–Crippen LogP) is 3.79. The van der Waals surface area contributed by atoms with E-state index in [2.05, 4.69) is 47.2 Å². The van der Waals surface area contributed by atoms with Crippen molar-refractivity contribution in [2.75, 3.05) is 20.8 Å². The summed E-state index contributed by atoms with van der Waals surface area (Å²) in [5.74, 6) is 0.865. The van der Waals surface area contributed by atoms with Gasteiger partial charge in [-0.25, -0.2) is 0 Å². The summed E-state index contributed by atoms with van der Waals surface area (Å²) in [6, 6.07) is 6.57. The van der Waals surface area contributed by atoms with E-state index in [1.807, 2.05) is 13.1 Å². The van der Waals surface area contributed by atoms with E-state index >= 15 is 0 Å². The van der Waals surface area contributed by atoms with Crippen LogP contribution in [0.4, 0.5) is 0 Å². The van der Waals surface area contributed by atoms with Gasteiger partial charge in [0.15, 0.2) is 0 Å². The minimum Gasteiger partial charge on any atom is -0.496 e. The van der Waals surface area contributed by atoms with Crippen LogP contribution in [0.2, 0.25) is 0 Å². The third-order valence-electron chi connectivity index (χ3n) is 3.45. The Kier molecular flexibility index (Phi) is 8.19. The van der Waals surface area contributed by atoms with Crippen molar-refractivity contribution in [1.82, 2.24) is 5.32 Å². The molecule has 1 aromatic rings. The number of halogens is 1. The highest BCUT2D eigenvalue weighted by molar-refractivity contribution is 9.10. The minimum atomic E-state index is 0.260. The van der Waals surface area contributed by atoms with Gasteiger partial charge in [-0.2, -0.15) is 0 Å². The number of rotatable bonds is 9. The fraction of sp³-hybridized carbons (Fsp3) is 0.625. The number of methoxy groups -OCH3 is 1. The van der Waals surface area contributed by atoms with Gasteiger partial charge in [0, 0.05) is 12.6 Å². The lowest BCUT2D eigenvalue weighted by Crippen LogP contribution is -2.41. The molecule has 0 spiro atoms. The molecule has 0 aliphatic heterocycles. The van der Waals surface area contributed by atoms with Gasteiger partial charge >= 0.3 is 0 Å². The molecule has 0 amide bonds. The van der Waals surface area contributed by atoms with Gasteiger partial charge in [-0.15, -0.1) is 0 Å². The summed E-state index contributed by atoms with van der Waals surface area (Å²) in [5.41, 5.74) is 1.28. The van der Waals surface area contributed by atoms with E-state index in [1.165, 1.54) is 5.56 Å². The first kappa shape index (κ1) is 17.5. The zero-order valence-electron chi connectivity index (χ0n) is 12.9. The Bertz CT molecular complexity index is 392. The highest BCUT2D eigenvalue weighted by Gasteiger charge is 2.20. The number of hydrogen-bond acceptors (Lipinski definition) is 3. The van der Waals surface area contributed by atoms with E-state index in [0.717, 1.165) is 36.1 Å². The zero-order valence-corrected chi connectivity index (χ0v) is 14.5. The van der Waals surface area contributed by atoms with Crippen LogP contribution >= 0.6 is 15.9 Å². The Morgan fingerprint density at radius 1 is 1.30 bits per heavy atom. The Hall–Kier alpha value is -0.580. The Morgan fingerprint density at radius 3 is 2.55 bits per heavy atom. The summed E-state index contributed by atoms with van der Waals surface area (Å²) in [6.45, 7) is 5.01. The van der Waals surface area contributed by atoms with E-state index in [-0.39, 0.29) is 6.10 Å². The van der Waals surface area contributed by atoms with Crippen LogP contribution in [0, 0.1) is 0 Å². The molecule has 0 aliphatic rings. The normalized spacial score (nSPS) is 14.1. The molecule has 2 atom stereocenters. The third kappa shape index (κ3) is 5.08. The number of benzene rings is 1. The maximum Gasteiger partial charge on any atom is 0.133 e. The first-order valence-corrected chi connectivity index (χ1v) is 8.06. The van der Waals surface area contributed by atoms with Crippen molar-refractivity contribution >= 4 is 15.9 Å². The molecular weight excluding hydrogens is 318 g/mol. The molecule has 3 nitrogen and oxygen atoms in total. The van der Waals surface area contributed by atoms with Crippen LogP contribution in [0.1, 0.15) is 32.3 Å². The Morgan fingerprint density at radius 2 is 2.05 bits per heavy atom. The molecule has 0 fully saturated rings. The van der Waals surface area contributed by atoms with E-state index in [1.54, 1.807) is 7.11 Å². The van der Waals surface area contributed by atoms with Crippen LogP contribution < -0.4 is 10.1 Å². The quantitative estimate of drug-likeness (QED) is 0.739. The Labute approximate surface area is 131 Å². The number of nitrogens with one attached hydrogen (secondary N) is 1. The second-order valence-corrected chi connectivity index (χ2v) is 5.70. The molecule has 0 aliphatic carbocycles. The lowest BCUT2D eigenvalue weighted by Gasteiger charge is -2.27. The van der Waals surface area contributed by atoms with Crippen LogP contribution in [0.3, 0.4) is 0 Å². The van der Waals surface area contributed by atoms with Crippen molar-refractivity contribution in [1.29, 1.82) is 0 Å². The van der Waals surface area contributed by atoms with Crippen molar-refractivity contribution in [3.05, 3.63) is 28.2 Å². The first-order valence-electron chi connectivity index (χ1n) is 7.27. The van der Waals surface area contributed by atoms with Gasteiger partial charge < -0.3 is 14.8 Å². The third-order valence-corrected chi connectivity index (χ3v) is 4.07. The van der Waals surface area contributed by atoms with Gasteiger partial charge in [-0.3, -0.25) is 0 Å². The summed E-state index contributed by atoms with van der Waals surface area (Å²) in [6.07, 6.45) is 3.42. The summed E-state index contributed by atoms with van der Waals surface area (Å²) < 4.78 is 12.1. The summed E-state index contributed by atoms with van der Waals surface area (Å²) >= 11 is 3.54. The highest BCUT2D eigenvalue weighted by atomic mass is 79.9. The molecule has 2 unspecified atom stereocenters. The van der Waals surface area contributed by atoms with Gasteiger partial charge in [0.1, 0.15) is 5.75 Å². The molecular formula is C16H26BrNO2. The van der Waals surface area contributed by atoms with E-state index in [9.17, 15) is 0 Å². The van der Waals surface area contributed by atoms with Gasteiger partial charge in [-0.05, 0) is 60.4 Å². The van der Waals surface area contributed by atoms with Crippen molar-refractivity contribution < 1.29 is 9.47 Å². The predicted molar refractivity (Wildman–Crippen MR) is 87.6 cm³/mol. The van der Waals surface area contributed by atoms with Crippen LogP contribution in [0.15, 0.2) is 22.7 Å². The number of ether oxygens (including phenoxy) is 2. The largest absolute Gasteiger partial charge is 0.496 e. The van der Waals surface area contributed by atoms with Gasteiger partial charge in [0.05, 0.1) is 17.7 Å². The average molecular weight is 344 g/mol. The second-order valence-electron chi connectivity index (χ2n) is 4.85. The minimum absolute atomic E-state index is 0.260. The van der Waals surface area contributed by atoms with Crippen LogP contribution in [0.5, 0.6) is 5.75 Å². The van der Waals surface area contributed by atoms with Gasteiger partial charge in [-0.1, -0.05) is 19.4 Å².